The van der Waals surface area contributed by atoms with E-state index in [1.54, 1.807) is 0 Å². The van der Waals surface area contributed by atoms with Gasteiger partial charge in [0.25, 0.3) is 0 Å². The molecule has 1 atom stereocenters. The predicted molar refractivity (Wildman–Crippen MR) is 223 cm³/mol. The average Bonchev–Trinajstić information content (AvgIpc) is 3.64. The summed E-state index contributed by atoms with van der Waals surface area (Å²) in [6.45, 7) is 7.04. The van der Waals surface area contributed by atoms with Crippen LogP contribution in [0.5, 0.6) is 0 Å². The van der Waals surface area contributed by atoms with E-state index in [-0.39, 0.29) is 5.41 Å². The van der Waals surface area contributed by atoms with E-state index in [4.69, 9.17) is 9.97 Å². The molecule has 7 aromatic carbocycles. The first-order valence-corrected chi connectivity index (χ1v) is 18.7. The van der Waals surface area contributed by atoms with Gasteiger partial charge in [-0.05, 0) is 98.3 Å². The van der Waals surface area contributed by atoms with E-state index in [2.05, 4.69) is 177 Å². The normalized spacial score (nSPS) is 16.3. The van der Waals surface area contributed by atoms with Gasteiger partial charge in [-0.2, -0.15) is 0 Å². The fraction of sp³-hybridized carbons (Fsp3) is 0.120. The highest BCUT2D eigenvalue weighted by atomic mass is 15.0. The van der Waals surface area contributed by atoms with Gasteiger partial charge in [-0.15, -0.1) is 0 Å². The van der Waals surface area contributed by atoms with Crippen LogP contribution in [0.15, 0.2) is 157 Å². The van der Waals surface area contributed by atoms with Gasteiger partial charge in [0.05, 0.1) is 22.4 Å². The molecule has 2 aliphatic rings. The molecule has 2 aliphatic carbocycles. The fourth-order valence-electron chi connectivity index (χ4n) is 9.27. The van der Waals surface area contributed by atoms with E-state index in [0.717, 1.165) is 45.8 Å². The molecule has 0 amide bonds. The van der Waals surface area contributed by atoms with Crippen LogP contribution in [0.4, 0.5) is 0 Å². The zero-order chi connectivity index (χ0) is 35.4. The van der Waals surface area contributed by atoms with Gasteiger partial charge in [0, 0.05) is 38.6 Å². The summed E-state index contributed by atoms with van der Waals surface area (Å²) in [5.41, 5.74) is 11.6. The van der Waals surface area contributed by atoms with E-state index in [1.807, 2.05) is 0 Å². The van der Waals surface area contributed by atoms with E-state index in [1.165, 1.54) is 65.4 Å². The molecule has 0 spiro atoms. The van der Waals surface area contributed by atoms with Crippen molar-refractivity contribution in [3.05, 3.63) is 169 Å². The fourth-order valence-corrected chi connectivity index (χ4v) is 9.27. The van der Waals surface area contributed by atoms with E-state index >= 15 is 0 Å². The van der Waals surface area contributed by atoms with E-state index < -0.39 is 0 Å². The van der Waals surface area contributed by atoms with Gasteiger partial charge >= 0.3 is 0 Å². The maximum absolute atomic E-state index is 5.49. The SMILES string of the molecule is CC1CC=CC2=C1c1nc(-c3ccc4ccc(-n5c6ccccc6c6cc7ccccc7cc65)cc4c3)nc(-c3ccc4ccccc4c3)c1C2(C)C. The molecule has 9 aromatic rings. The van der Waals surface area contributed by atoms with Crippen molar-refractivity contribution < 1.29 is 0 Å². The summed E-state index contributed by atoms with van der Waals surface area (Å²) in [5.74, 6) is 1.17. The lowest BCUT2D eigenvalue weighted by Gasteiger charge is -2.26. The Hall–Kier alpha value is -6.32. The van der Waals surface area contributed by atoms with Crippen molar-refractivity contribution in [2.45, 2.75) is 32.6 Å². The molecule has 252 valence electrons. The molecule has 0 aliphatic heterocycles. The number of para-hydroxylation sites is 1. The lowest BCUT2D eigenvalue weighted by molar-refractivity contribution is 0.641. The van der Waals surface area contributed by atoms with Crippen LogP contribution in [0.3, 0.4) is 0 Å². The Balaban J connectivity index is 1.12. The Morgan fingerprint density at radius 1 is 0.566 bits per heavy atom. The molecule has 0 saturated carbocycles. The lowest BCUT2D eigenvalue weighted by atomic mass is 9.77. The summed E-state index contributed by atoms with van der Waals surface area (Å²) in [5, 5.41) is 9.84. The minimum atomic E-state index is -0.207. The maximum Gasteiger partial charge on any atom is 0.160 e. The summed E-state index contributed by atoms with van der Waals surface area (Å²) in [7, 11) is 0. The Morgan fingerprint density at radius 2 is 1.21 bits per heavy atom. The highest BCUT2D eigenvalue weighted by molar-refractivity contribution is 6.13. The minimum absolute atomic E-state index is 0.207. The third-order valence-electron chi connectivity index (χ3n) is 11.9. The van der Waals surface area contributed by atoms with Crippen LogP contribution in [0, 0.1) is 5.92 Å². The summed E-state index contributed by atoms with van der Waals surface area (Å²) in [6, 6.07) is 51.0. The average molecular weight is 680 g/mol. The standard InChI is InChI=1S/C50H37N3/c1-30-11-10-17-42-45(30)48-46(50(42,2)3)47(36-21-19-31-12-4-5-13-33(31)25-36)51-49(52-48)37-22-20-32-23-24-39(27-38(32)26-37)53-43-18-9-8-16-40(43)41-28-34-14-6-7-15-35(34)29-44(41)53/h4-10,12-30H,11H2,1-3H3. The van der Waals surface area contributed by atoms with Crippen molar-refractivity contribution in [3.8, 4) is 28.3 Å². The lowest BCUT2D eigenvalue weighted by Crippen LogP contribution is -2.19. The van der Waals surface area contributed by atoms with Crippen molar-refractivity contribution in [3.63, 3.8) is 0 Å². The number of fused-ring (bicyclic) bond motifs is 8. The van der Waals surface area contributed by atoms with Gasteiger partial charge < -0.3 is 4.57 Å². The van der Waals surface area contributed by atoms with E-state index in [9.17, 15) is 0 Å². The molecule has 53 heavy (non-hydrogen) atoms. The van der Waals surface area contributed by atoms with Crippen molar-refractivity contribution >= 4 is 59.7 Å². The van der Waals surface area contributed by atoms with Crippen LogP contribution in [0.25, 0.3) is 88.0 Å². The Morgan fingerprint density at radius 3 is 2.04 bits per heavy atom. The van der Waals surface area contributed by atoms with Crippen LogP contribution in [0.2, 0.25) is 0 Å². The molecular formula is C50H37N3. The van der Waals surface area contributed by atoms with Crippen molar-refractivity contribution in [1.29, 1.82) is 0 Å². The van der Waals surface area contributed by atoms with Crippen LogP contribution >= 0.6 is 0 Å². The van der Waals surface area contributed by atoms with Gasteiger partial charge in [-0.1, -0.05) is 130 Å². The molecular weight excluding hydrogens is 643 g/mol. The van der Waals surface area contributed by atoms with Crippen molar-refractivity contribution in [2.75, 3.05) is 0 Å². The monoisotopic (exact) mass is 679 g/mol. The van der Waals surface area contributed by atoms with Crippen molar-refractivity contribution in [1.82, 2.24) is 14.5 Å². The third-order valence-corrected chi connectivity index (χ3v) is 11.9. The second-order valence-electron chi connectivity index (χ2n) is 15.5. The molecule has 1 unspecified atom stereocenters. The van der Waals surface area contributed by atoms with Gasteiger partial charge in [0.15, 0.2) is 5.82 Å². The molecule has 0 N–H and O–H groups in total. The molecule has 3 nitrogen and oxygen atoms in total. The van der Waals surface area contributed by atoms with Crippen LogP contribution < -0.4 is 0 Å². The molecule has 2 aromatic heterocycles. The van der Waals surface area contributed by atoms with Crippen LogP contribution in [-0.2, 0) is 5.41 Å². The number of nitrogens with zero attached hydrogens (tertiary/aromatic N) is 3. The van der Waals surface area contributed by atoms with Gasteiger partial charge in [0.1, 0.15) is 0 Å². The smallest absolute Gasteiger partial charge is 0.160 e. The molecule has 0 saturated heterocycles. The Kier molecular flexibility index (Phi) is 6.34. The summed E-state index contributed by atoms with van der Waals surface area (Å²) in [4.78, 5) is 11.0. The number of benzene rings is 7. The summed E-state index contributed by atoms with van der Waals surface area (Å²) in [6.07, 6.45) is 5.70. The van der Waals surface area contributed by atoms with Crippen LogP contribution in [0.1, 0.15) is 38.4 Å². The number of hydrogen-bond acceptors (Lipinski definition) is 2. The number of allylic oxidation sites excluding steroid dienone is 4. The van der Waals surface area contributed by atoms with Crippen molar-refractivity contribution in [2.24, 2.45) is 5.92 Å². The quantitative estimate of drug-likeness (QED) is 0.186. The second-order valence-corrected chi connectivity index (χ2v) is 15.5. The highest BCUT2D eigenvalue weighted by Crippen LogP contribution is 2.54. The summed E-state index contributed by atoms with van der Waals surface area (Å²) < 4.78 is 2.42. The number of hydrogen-bond donors (Lipinski definition) is 0. The zero-order valence-electron chi connectivity index (χ0n) is 30.1. The topological polar surface area (TPSA) is 30.7 Å². The largest absolute Gasteiger partial charge is 0.309 e. The molecule has 3 heteroatoms. The van der Waals surface area contributed by atoms with Gasteiger partial charge in [-0.3, -0.25) is 0 Å². The predicted octanol–water partition coefficient (Wildman–Crippen LogP) is 13.0. The second kappa shape index (κ2) is 11.1. The Labute approximate surface area is 308 Å². The summed E-state index contributed by atoms with van der Waals surface area (Å²) >= 11 is 0. The zero-order valence-corrected chi connectivity index (χ0v) is 30.1. The maximum atomic E-state index is 5.49. The third kappa shape index (κ3) is 4.47. The highest BCUT2D eigenvalue weighted by Gasteiger charge is 2.43. The first-order valence-electron chi connectivity index (χ1n) is 18.7. The van der Waals surface area contributed by atoms with Crippen LogP contribution in [-0.4, -0.2) is 14.5 Å². The Bertz CT molecular complexity index is 3080. The van der Waals surface area contributed by atoms with Gasteiger partial charge in [-0.25, -0.2) is 9.97 Å². The molecule has 0 fully saturated rings. The molecule has 11 rings (SSSR count). The van der Waals surface area contributed by atoms with Gasteiger partial charge in [0.2, 0.25) is 0 Å². The number of aromatic nitrogens is 3. The van der Waals surface area contributed by atoms with E-state index in [0.29, 0.717) is 5.92 Å². The first-order chi connectivity index (χ1) is 25.9. The first kappa shape index (κ1) is 30.3. The molecule has 2 heterocycles. The molecule has 0 bridgehead atoms. The number of rotatable bonds is 3. The molecule has 0 radical (unpaired) electrons. The minimum Gasteiger partial charge on any atom is -0.309 e.